The normalized spacial score (nSPS) is 57.7. The lowest BCUT2D eigenvalue weighted by molar-refractivity contribution is -0.244. The highest BCUT2D eigenvalue weighted by atomic mass is 16.4. The maximum Gasteiger partial charge on any atom is 0.310 e. The maximum absolute atomic E-state index is 12.8. The molecule has 0 heterocycles. The highest BCUT2D eigenvalue weighted by molar-refractivity contribution is 5.76. The van der Waals surface area contributed by atoms with Crippen LogP contribution >= 0.6 is 0 Å². The number of carboxylic acid groups (broad SMARTS) is 1. The molecule has 35 heavy (non-hydrogen) atoms. The van der Waals surface area contributed by atoms with Crippen LogP contribution in [0.15, 0.2) is 11.6 Å². The first-order chi connectivity index (χ1) is 16.2. The molecule has 5 aliphatic rings. The Morgan fingerprint density at radius 2 is 1.69 bits per heavy atom. The molecule has 0 radical (unpaired) electrons. The molecule has 0 bridgehead atoms. The number of carbonyl (C=O) groups is 1. The number of hydrogen-bond acceptors (Lipinski definition) is 4. The van der Waals surface area contributed by atoms with E-state index in [1.165, 1.54) is 5.57 Å². The molecule has 4 unspecified atom stereocenters. The van der Waals surface area contributed by atoms with Gasteiger partial charge in [0.25, 0.3) is 0 Å². The van der Waals surface area contributed by atoms with Gasteiger partial charge in [-0.2, -0.15) is 0 Å². The maximum atomic E-state index is 12.8. The fraction of sp³-hybridized carbons (Fsp3) is 0.900. The topological polar surface area (TPSA) is 98.0 Å². The summed E-state index contributed by atoms with van der Waals surface area (Å²) in [5.41, 5.74) is -0.214. The zero-order valence-electron chi connectivity index (χ0n) is 22.7. The quantitative estimate of drug-likeness (QED) is 0.409. The van der Waals surface area contributed by atoms with Crippen LogP contribution in [0.5, 0.6) is 0 Å². The zero-order valence-corrected chi connectivity index (χ0v) is 22.7. The van der Waals surface area contributed by atoms with E-state index >= 15 is 0 Å². The van der Waals surface area contributed by atoms with Crippen LogP contribution in [0.1, 0.15) is 92.9 Å². The van der Waals surface area contributed by atoms with E-state index in [-0.39, 0.29) is 34.7 Å². The van der Waals surface area contributed by atoms with E-state index in [0.717, 1.165) is 44.9 Å². The monoisotopic (exact) mass is 488 g/mol. The highest BCUT2D eigenvalue weighted by Crippen LogP contribution is 2.75. The smallest absolute Gasteiger partial charge is 0.310 e. The van der Waals surface area contributed by atoms with Crippen molar-refractivity contribution in [1.82, 2.24) is 0 Å². The molecule has 0 amide bonds. The van der Waals surface area contributed by atoms with Gasteiger partial charge in [0.05, 0.1) is 24.2 Å². The van der Waals surface area contributed by atoms with Gasteiger partial charge >= 0.3 is 5.97 Å². The van der Waals surface area contributed by atoms with Crippen molar-refractivity contribution in [3.8, 4) is 0 Å². The first-order valence-corrected chi connectivity index (χ1v) is 14.1. The molecule has 12 atom stereocenters. The molecule has 4 saturated carbocycles. The first-order valence-electron chi connectivity index (χ1n) is 14.1. The third-order valence-electron chi connectivity index (χ3n) is 13.5. The SMILES string of the molecule is C[C@@H]1CC[C@]2(C(=O)O)CC[C@]3(C)C(=CCC4[C@@]5(C)C[C@@H](O)[C@@H](O)C(C)(CO)C5CC[C@]43C)C2[C@H]1C. The zero-order chi connectivity index (χ0) is 25.8. The molecule has 0 saturated heterocycles. The number of aliphatic hydroxyl groups is 3. The Labute approximate surface area is 211 Å². The Morgan fingerprint density at radius 1 is 1.00 bits per heavy atom. The van der Waals surface area contributed by atoms with Crippen LogP contribution < -0.4 is 0 Å². The summed E-state index contributed by atoms with van der Waals surface area (Å²) in [6.45, 7) is 13.6. The van der Waals surface area contributed by atoms with E-state index in [1.807, 2.05) is 6.92 Å². The summed E-state index contributed by atoms with van der Waals surface area (Å²) in [6, 6.07) is 0. The van der Waals surface area contributed by atoms with Crippen molar-refractivity contribution in [3.63, 3.8) is 0 Å². The molecule has 4 N–H and O–H groups in total. The molecule has 5 nitrogen and oxygen atoms in total. The van der Waals surface area contributed by atoms with Gasteiger partial charge in [-0.05, 0) is 97.2 Å². The molecule has 5 aliphatic carbocycles. The predicted octanol–water partition coefficient (Wildman–Crippen LogP) is 5.03. The first kappa shape index (κ1) is 25.7. The van der Waals surface area contributed by atoms with Gasteiger partial charge in [-0.15, -0.1) is 0 Å². The van der Waals surface area contributed by atoms with Crippen LogP contribution in [0.3, 0.4) is 0 Å². The highest BCUT2D eigenvalue weighted by Gasteiger charge is 2.70. The van der Waals surface area contributed by atoms with Crippen LogP contribution in [-0.2, 0) is 4.79 Å². The van der Waals surface area contributed by atoms with E-state index in [0.29, 0.717) is 24.2 Å². The number of hydrogen-bond donors (Lipinski definition) is 4. The molecule has 5 rings (SSSR count). The van der Waals surface area contributed by atoms with Crippen molar-refractivity contribution in [1.29, 1.82) is 0 Å². The fourth-order valence-electron chi connectivity index (χ4n) is 11.0. The van der Waals surface area contributed by atoms with Crippen LogP contribution in [0.4, 0.5) is 0 Å². The van der Waals surface area contributed by atoms with E-state index < -0.39 is 29.0 Å². The minimum absolute atomic E-state index is 0.00815. The Morgan fingerprint density at radius 3 is 2.31 bits per heavy atom. The summed E-state index contributed by atoms with van der Waals surface area (Å²) in [7, 11) is 0. The fourth-order valence-corrected chi connectivity index (χ4v) is 11.0. The molecule has 0 aliphatic heterocycles. The lowest BCUT2D eigenvalue weighted by atomic mass is 9.33. The molecule has 0 aromatic heterocycles. The van der Waals surface area contributed by atoms with Gasteiger partial charge in [0, 0.05) is 5.41 Å². The second kappa shape index (κ2) is 7.80. The van der Waals surface area contributed by atoms with Crippen LogP contribution in [0.2, 0.25) is 0 Å². The summed E-state index contributed by atoms with van der Waals surface area (Å²) < 4.78 is 0. The van der Waals surface area contributed by atoms with Gasteiger partial charge in [-0.25, -0.2) is 0 Å². The molecule has 0 aromatic carbocycles. The molecule has 4 fully saturated rings. The number of aliphatic hydroxyl groups excluding tert-OH is 3. The van der Waals surface area contributed by atoms with E-state index in [4.69, 9.17) is 0 Å². The van der Waals surface area contributed by atoms with Gasteiger partial charge in [0.2, 0.25) is 0 Å². The Balaban J connectivity index is 1.62. The summed E-state index contributed by atoms with van der Waals surface area (Å²) in [5, 5.41) is 42.9. The lowest BCUT2D eigenvalue weighted by Gasteiger charge is -2.71. The predicted molar refractivity (Wildman–Crippen MR) is 135 cm³/mol. The number of allylic oxidation sites excluding steroid dienone is 2. The van der Waals surface area contributed by atoms with Crippen molar-refractivity contribution in [2.45, 2.75) is 105 Å². The van der Waals surface area contributed by atoms with Gasteiger partial charge in [-0.1, -0.05) is 53.2 Å². The molecule has 0 aromatic rings. The average Bonchev–Trinajstić information content (AvgIpc) is 2.80. The number of rotatable bonds is 2. The van der Waals surface area contributed by atoms with Crippen molar-refractivity contribution in [2.24, 2.45) is 56.7 Å². The minimum atomic E-state index is -0.907. The molecular formula is C30H48O5. The van der Waals surface area contributed by atoms with Crippen LogP contribution in [0.25, 0.3) is 0 Å². The third-order valence-corrected chi connectivity index (χ3v) is 13.5. The summed E-state index contributed by atoms with van der Waals surface area (Å²) in [4.78, 5) is 12.8. The van der Waals surface area contributed by atoms with Crippen LogP contribution in [-0.4, -0.2) is 45.2 Å². The van der Waals surface area contributed by atoms with Crippen molar-refractivity contribution in [3.05, 3.63) is 11.6 Å². The van der Waals surface area contributed by atoms with E-state index in [2.05, 4.69) is 40.7 Å². The van der Waals surface area contributed by atoms with Gasteiger partial charge in [0.15, 0.2) is 0 Å². The lowest BCUT2D eigenvalue weighted by Crippen LogP contribution is -2.68. The van der Waals surface area contributed by atoms with E-state index in [1.54, 1.807) is 0 Å². The third kappa shape index (κ3) is 2.95. The second-order valence-corrected chi connectivity index (χ2v) is 14.5. The average molecular weight is 489 g/mol. The number of aliphatic carboxylic acids is 1. The number of carboxylic acids is 1. The Hall–Kier alpha value is -0.910. The molecule has 5 heteroatoms. The number of fused-ring (bicyclic) bond motifs is 7. The van der Waals surface area contributed by atoms with E-state index in [9.17, 15) is 25.2 Å². The van der Waals surface area contributed by atoms with Gasteiger partial charge in [-0.3, -0.25) is 4.79 Å². The minimum Gasteiger partial charge on any atom is -0.481 e. The second-order valence-electron chi connectivity index (χ2n) is 14.5. The van der Waals surface area contributed by atoms with Gasteiger partial charge in [0.1, 0.15) is 0 Å². The Bertz CT molecular complexity index is 930. The summed E-state index contributed by atoms with van der Waals surface area (Å²) in [5.74, 6) is 0.828. The van der Waals surface area contributed by atoms with Crippen molar-refractivity contribution >= 4 is 5.97 Å². The summed E-state index contributed by atoms with van der Waals surface area (Å²) in [6.07, 6.45) is 7.51. The Kier molecular flexibility index (Phi) is 5.73. The standard InChI is InChI=1S/C30H48O5/c1-17-9-12-30(25(34)35)14-13-28(5)19(23(30)18(17)2)7-8-22-26(3)15-20(32)24(33)27(4,16-31)21(26)10-11-29(22,28)6/h7,17-18,20-24,31-33H,8-16H2,1-6H3,(H,34,35)/t17-,18+,20-,21?,22?,23?,24-,26+,27?,28-,29-,30+/m1/s1. The largest absolute Gasteiger partial charge is 0.481 e. The van der Waals surface area contributed by atoms with Crippen molar-refractivity contribution < 1.29 is 25.2 Å². The van der Waals surface area contributed by atoms with Gasteiger partial charge < -0.3 is 20.4 Å². The molecule has 0 spiro atoms. The molecular weight excluding hydrogens is 440 g/mol. The molecule has 198 valence electrons. The van der Waals surface area contributed by atoms with Crippen LogP contribution in [0, 0.1) is 56.7 Å². The van der Waals surface area contributed by atoms with Crippen molar-refractivity contribution in [2.75, 3.05) is 6.61 Å². The summed E-state index contributed by atoms with van der Waals surface area (Å²) >= 11 is 0.